The van der Waals surface area contributed by atoms with Crippen LogP contribution in [0.15, 0.2) is 18.2 Å². The molecule has 1 saturated carbocycles. The number of anilines is 1. The molecule has 0 aromatic heterocycles. The maximum Gasteiger partial charge on any atom is 0.0474 e. The summed E-state index contributed by atoms with van der Waals surface area (Å²) in [6, 6.07) is 7.12. The molecule has 1 heterocycles. The maximum atomic E-state index is 6.74. The molecule has 1 aliphatic carbocycles. The molecule has 0 amide bonds. The number of halogens is 3. The van der Waals surface area contributed by atoms with Crippen LogP contribution in [0.2, 0.25) is 5.02 Å². The van der Waals surface area contributed by atoms with Crippen molar-refractivity contribution in [2.24, 2.45) is 5.92 Å². The molecule has 0 spiro atoms. The minimum absolute atomic E-state index is 0. The van der Waals surface area contributed by atoms with Crippen LogP contribution in [0.25, 0.3) is 0 Å². The van der Waals surface area contributed by atoms with Crippen molar-refractivity contribution < 1.29 is 0 Å². The highest BCUT2D eigenvalue weighted by molar-refractivity contribution is 6.31. The molecule has 0 radical (unpaired) electrons. The molecule has 6 heteroatoms. The van der Waals surface area contributed by atoms with Crippen molar-refractivity contribution in [3.8, 4) is 0 Å². The van der Waals surface area contributed by atoms with Gasteiger partial charge in [0.25, 0.3) is 0 Å². The number of rotatable bonds is 4. The van der Waals surface area contributed by atoms with E-state index in [-0.39, 0.29) is 24.8 Å². The lowest BCUT2D eigenvalue weighted by molar-refractivity contribution is 0.103. The van der Waals surface area contributed by atoms with Gasteiger partial charge in [-0.25, -0.2) is 0 Å². The molecule has 1 atom stereocenters. The second-order valence-electron chi connectivity index (χ2n) is 7.23. The van der Waals surface area contributed by atoms with Gasteiger partial charge in [-0.1, -0.05) is 36.9 Å². The lowest BCUT2D eigenvalue weighted by Crippen LogP contribution is -2.47. The predicted molar refractivity (Wildman–Crippen MR) is 114 cm³/mol. The molecule has 2 aliphatic rings. The van der Waals surface area contributed by atoms with Crippen molar-refractivity contribution in [2.45, 2.75) is 38.1 Å². The molecule has 1 aromatic rings. The van der Waals surface area contributed by atoms with Crippen molar-refractivity contribution >= 4 is 42.1 Å². The van der Waals surface area contributed by atoms with Gasteiger partial charge in [-0.2, -0.15) is 0 Å². The molecule has 0 bridgehead atoms. The van der Waals surface area contributed by atoms with Crippen LogP contribution < -0.4 is 10.2 Å². The van der Waals surface area contributed by atoms with Crippen LogP contribution in [0.5, 0.6) is 0 Å². The lowest BCUT2D eigenvalue weighted by Gasteiger charge is -2.41. The highest BCUT2D eigenvalue weighted by atomic mass is 35.5. The van der Waals surface area contributed by atoms with E-state index in [2.05, 4.69) is 47.4 Å². The smallest absolute Gasteiger partial charge is 0.0474 e. The van der Waals surface area contributed by atoms with Crippen molar-refractivity contribution in [2.75, 3.05) is 45.2 Å². The van der Waals surface area contributed by atoms with E-state index in [1.807, 2.05) is 0 Å². The van der Waals surface area contributed by atoms with Gasteiger partial charge in [0, 0.05) is 57.0 Å². The minimum atomic E-state index is 0. The van der Waals surface area contributed by atoms with Gasteiger partial charge in [-0.05, 0) is 36.5 Å². The third-order valence-electron chi connectivity index (χ3n) is 5.46. The third-order valence-corrected chi connectivity index (χ3v) is 5.79. The van der Waals surface area contributed by atoms with Crippen molar-refractivity contribution in [3.05, 3.63) is 28.8 Å². The minimum Gasteiger partial charge on any atom is -0.378 e. The average Bonchev–Trinajstić information content (AvgIpc) is 2.58. The van der Waals surface area contributed by atoms with Gasteiger partial charge in [0.1, 0.15) is 0 Å². The van der Waals surface area contributed by atoms with Crippen LogP contribution in [-0.4, -0.2) is 45.2 Å². The molecule has 25 heavy (non-hydrogen) atoms. The van der Waals surface area contributed by atoms with E-state index in [1.54, 1.807) is 0 Å². The van der Waals surface area contributed by atoms with Gasteiger partial charge in [0.2, 0.25) is 0 Å². The zero-order valence-electron chi connectivity index (χ0n) is 15.3. The van der Waals surface area contributed by atoms with Gasteiger partial charge in [0.15, 0.2) is 0 Å². The Kier molecular flexibility index (Phi) is 9.91. The standard InChI is InChI=1S/C19H30ClN3.2ClH/c1-22(2)16-8-9-17(18(20)14-16)19(15-6-4-3-5-7-15)23-12-10-21-11-13-23;;/h8-9,14-15,19,21H,3-7,10-13H2,1-2H3;2*1H/t19-;;/m1../s1. The van der Waals surface area contributed by atoms with E-state index in [0.717, 1.165) is 37.1 Å². The van der Waals surface area contributed by atoms with Crippen LogP contribution >= 0.6 is 36.4 Å². The number of benzene rings is 1. The topological polar surface area (TPSA) is 18.5 Å². The van der Waals surface area contributed by atoms with Crippen LogP contribution in [-0.2, 0) is 0 Å². The number of hydrogen-bond donors (Lipinski definition) is 1. The molecule has 144 valence electrons. The Morgan fingerprint density at radius 3 is 2.28 bits per heavy atom. The van der Waals surface area contributed by atoms with E-state index in [4.69, 9.17) is 11.6 Å². The SMILES string of the molecule is CN(C)c1ccc([C@@H](C2CCCCC2)N2CCNCC2)c(Cl)c1.Cl.Cl. The Bertz CT molecular complexity index is 495. The van der Waals surface area contributed by atoms with Crippen LogP contribution in [0.1, 0.15) is 43.7 Å². The molecule has 2 fully saturated rings. The van der Waals surface area contributed by atoms with E-state index in [0.29, 0.717) is 6.04 Å². The Morgan fingerprint density at radius 2 is 1.72 bits per heavy atom. The molecular formula is C19H32Cl3N3. The number of hydrogen-bond acceptors (Lipinski definition) is 3. The third kappa shape index (κ3) is 5.64. The summed E-state index contributed by atoms with van der Waals surface area (Å²) < 4.78 is 0. The molecule has 3 nitrogen and oxygen atoms in total. The first kappa shape index (κ1) is 22.9. The first-order valence-corrected chi connectivity index (χ1v) is 9.46. The van der Waals surface area contributed by atoms with Crippen molar-refractivity contribution in [1.82, 2.24) is 10.2 Å². The molecule has 1 aliphatic heterocycles. The Labute approximate surface area is 170 Å². The molecular weight excluding hydrogens is 377 g/mol. The van der Waals surface area contributed by atoms with E-state index in [9.17, 15) is 0 Å². The Balaban J connectivity index is 0.00000156. The summed E-state index contributed by atoms with van der Waals surface area (Å²) in [5.41, 5.74) is 2.52. The average molecular weight is 409 g/mol. The van der Waals surface area contributed by atoms with Crippen molar-refractivity contribution in [1.29, 1.82) is 0 Å². The van der Waals surface area contributed by atoms with Gasteiger partial charge in [0.05, 0.1) is 0 Å². The summed E-state index contributed by atoms with van der Waals surface area (Å²) in [5, 5.41) is 4.42. The quantitative estimate of drug-likeness (QED) is 0.773. The van der Waals surface area contributed by atoms with E-state index >= 15 is 0 Å². The normalized spacial score (nSPS) is 20.3. The molecule has 0 unspecified atom stereocenters. The number of piperazine rings is 1. The van der Waals surface area contributed by atoms with E-state index in [1.165, 1.54) is 43.4 Å². The second kappa shape index (κ2) is 10.8. The lowest BCUT2D eigenvalue weighted by atomic mass is 9.80. The Hall–Kier alpha value is -0.190. The first-order chi connectivity index (χ1) is 11.2. The van der Waals surface area contributed by atoms with Crippen LogP contribution in [0.4, 0.5) is 5.69 Å². The maximum absolute atomic E-state index is 6.74. The summed E-state index contributed by atoms with van der Waals surface area (Å²) in [5.74, 6) is 0.754. The highest BCUT2D eigenvalue weighted by Gasteiger charge is 2.32. The van der Waals surface area contributed by atoms with E-state index < -0.39 is 0 Å². The summed E-state index contributed by atoms with van der Waals surface area (Å²) in [4.78, 5) is 4.79. The predicted octanol–water partition coefficient (Wildman–Crippen LogP) is 4.78. The first-order valence-electron chi connectivity index (χ1n) is 9.08. The fourth-order valence-corrected chi connectivity index (χ4v) is 4.48. The largest absolute Gasteiger partial charge is 0.378 e. The van der Waals surface area contributed by atoms with Crippen LogP contribution in [0, 0.1) is 5.92 Å². The molecule has 1 aromatic carbocycles. The van der Waals surface area contributed by atoms with Gasteiger partial charge in [-0.15, -0.1) is 24.8 Å². The zero-order chi connectivity index (χ0) is 16.2. The number of nitrogens with zero attached hydrogens (tertiary/aromatic N) is 2. The summed E-state index contributed by atoms with van der Waals surface area (Å²) in [7, 11) is 4.14. The summed E-state index contributed by atoms with van der Waals surface area (Å²) in [6.45, 7) is 4.45. The fraction of sp³-hybridized carbons (Fsp3) is 0.684. The van der Waals surface area contributed by atoms with Gasteiger partial charge < -0.3 is 10.2 Å². The fourth-order valence-electron chi connectivity index (χ4n) is 4.19. The summed E-state index contributed by atoms with van der Waals surface area (Å²) in [6.07, 6.45) is 6.85. The summed E-state index contributed by atoms with van der Waals surface area (Å²) >= 11 is 6.74. The number of nitrogens with one attached hydrogen (secondary N) is 1. The van der Waals surface area contributed by atoms with Gasteiger partial charge in [-0.3, -0.25) is 4.90 Å². The Morgan fingerprint density at radius 1 is 1.08 bits per heavy atom. The zero-order valence-corrected chi connectivity index (χ0v) is 17.7. The van der Waals surface area contributed by atoms with Crippen LogP contribution in [0.3, 0.4) is 0 Å². The second-order valence-corrected chi connectivity index (χ2v) is 7.64. The van der Waals surface area contributed by atoms with Gasteiger partial charge >= 0.3 is 0 Å². The molecule has 3 rings (SSSR count). The van der Waals surface area contributed by atoms with Crippen molar-refractivity contribution in [3.63, 3.8) is 0 Å². The molecule has 1 N–H and O–H groups in total. The monoisotopic (exact) mass is 407 g/mol. The molecule has 1 saturated heterocycles. The highest BCUT2D eigenvalue weighted by Crippen LogP contribution is 2.41.